The molecule has 38 heavy (non-hydrogen) atoms. The molecule has 0 radical (unpaired) electrons. The first-order valence-electron chi connectivity index (χ1n) is 10.7. The fraction of sp³-hybridized carbons (Fsp3) is 0.500. The quantitative estimate of drug-likeness (QED) is 0.292. The third kappa shape index (κ3) is 8.83. The summed E-state index contributed by atoms with van der Waals surface area (Å²) in [4.78, 5) is 24.6. The van der Waals surface area contributed by atoms with Crippen LogP contribution in [0.3, 0.4) is 0 Å². The normalized spacial score (nSPS) is 13.4. The highest BCUT2D eigenvalue weighted by atomic mass is 35.5. The molecule has 1 aliphatic rings. The summed E-state index contributed by atoms with van der Waals surface area (Å²) in [5.74, 6) is -0.406. The van der Waals surface area contributed by atoms with Crippen molar-refractivity contribution in [1.29, 1.82) is 0 Å². The smallest absolute Gasteiger partial charge is 0.495 e. The number of alkyl halides is 3. The van der Waals surface area contributed by atoms with Crippen LogP contribution in [-0.4, -0.2) is 69.9 Å². The molecule has 3 rings (SSSR count). The van der Waals surface area contributed by atoms with Crippen LogP contribution >= 0.6 is 23.2 Å². The summed E-state index contributed by atoms with van der Waals surface area (Å²) >= 11 is 12.2. The number of carbonyl (C=O) groups is 2. The van der Waals surface area contributed by atoms with Gasteiger partial charge in [0.15, 0.2) is 0 Å². The van der Waals surface area contributed by atoms with Gasteiger partial charge in [-0.3, -0.25) is 9.69 Å². The first kappa shape index (κ1) is 33.6. The fourth-order valence-electron chi connectivity index (χ4n) is 2.93. The molecule has 0 fully saturated rings. The van der Waals surface area contributed by atoms with Gasteiger partial charge >= 0.3 is 15.6 Å². The number of nitrogens with zero attached hydrogens (tertiary/aromatic N) is 2. The molecule has 0 saturated heterocycles. The van der Waals surface area contributed by atoms with E-state index >= 15 is 0 Å². The zero-order valence-corrected chi connectivity index (χ0v) is 23.7. The molecule has 214 valence electrons. The zero-order valence-electron chi connectivity index (χ0n) is 21.4. The summed E-state index contributed by atoms with van der Waals surface area (Å²) in [6.45, 7) is 6.87. The number of benzene rings is 1. The minimum atomic E-state index is -5.88. The van der Waals surface area contributed by atoms with E-state index in [4.69, 9.17) is 27.9 Å². The van der Waals surface area contributed by atoms with Gasteiger partial charge in [-0.05, 0) is 46.5 Å². The van der Waals surface area contributed by atoms with Gasteiger partial charge < -0.3 is 23.8 Å². The van der Waals surface area contributed by atoms with E-state index in [9.17, 15) is 31.2 Å². The second-order valence-electron chi connectivity index (χ2n) is 8.68. The summed E-state index contributed by atoms with van der Waals surface area (Å²) in [7, 11) is -1.05. The molecule has 0 atom stereocenters. The zero-order chi connectivity index (χ0) is 29.5. The summed E-state index contributed by atoms with van der Waals surface area (Å²) in [5.41, 5.74) is -5.10. The van der Waals surface area contributed by atoms with Crippen molar-refractivity contribution >= 4 is 57.0 Å². The van der Waals surface area contributed by atoms with E-state index in [-0.39, 0.29) is 39.0 Å². The molecular weight excluding hydrogens is 578 g/mol. The standard InChI is InChI=1S/C14H11Cl2F3N2O4S.C5H10O2.C3H7NO/c1-21-4-7-6-3-9(24-2)10(15)11(16)12(6)20-13(8(7)5-21)25-26(22,23)14(17,18)19;1-5(2,3)7-4-6;1-4-2-3-5/h3H,4-5H2,1-2H3;4H,1-3H3;3-4H,2H2,1H3. The Kier molecular flexibility index (Phi) is 12.0. The number of rotatable bonds is 6. The molecule has 1 aromatic heterocycles. The first-order valence-corrected chi connectivity index (χ1v) is 12.9. The highest BCUT2D eigenvalue weighted by Gasteiger charge is 2.49. The van der Waals surface area contributed by atoms with Crippen molar-refractivity contribution in [3.63, 3.8) is 0 Å². The number of nitrogens with one attached hydrogen (secondary N) is 1. The Morgan fingerprint density at radius 2 is 1.71 bits per heavy atom. The highest BCUT2D eigenvalue weighted by molar-refractivity contribution is 7.88. The van der Waals surface area contributed by atoms with Gasteiger partial charge in [-0.1, -0.05) is 23.2 Å². The molecule has 1 N–H and O–H groups in total. The molecule has 0 amide bonds. The number of pyridine rings is 1. The monoisotopic (exact) mass is 605 g/mol. The SMILES string of the molecule is CC(C)(C)OC=O.CNCC=O.COc1cc2c3c(c(OS(=O)(=O)C(F)(F)F)nc2c(Cl)c1Cl)CN(C)C3. The number of likely N-dealkylation sites (N-methyl/N-ethyl adjacent to an activating group) is 1. The Bertz CT molecular complexity index is 1250. The summed E-state index contributed by atoms with van der Waals surface area (Å²) in [6.07, 6.45) is 0.819. The fourth-order valence-corrected chi connectivity index (χ4v) is 3.83. The Balaban J connectivity index is 0.000000503. The van der Waals surface area contributed by atoms with E-state index in [0.29, 0.717) is 30.5 Å². The van der Waals surface area contributed by atoms with Crippen LogP contribution in [0, 0.1) is 0 Å². The third-order valence-electron chi connectivity index (χ3n) is 4.55. The van der Waals surface area contributed by atoms with Crippen LogP contribution in [-0.2, 0) is 37.5 Å². The maximum Gasteiger partial charge on any atom is 0.534 e. The molecule has 0 saturated carbocycles. The first-order chi connectivity index (χ1) is 17.4. The third-order valence-corrected chi connectivity index (χ3v) is 6.33. The molecule has 2 heterocycles. The Labute approximate surface area is 228 Å². The van der Waals surface area contributed by atoms with Crippen LogP contribution in [0.25, 0.3) is 10.9 Å². The van der Waals surface area contributed by atoms with Crippen LogP contribution < -0.4 is 14.2 Å². The van der Waals surface area contributed by atoms with E-state index in [1.165, 1.54) is 7.11 Å². The number of fused-ring (bicyclic) bond motifs is 3. The minimum absolute atomic E-state index is 0.00472. The second kappa shape index (κ2) is 13.6. The highest BCUT2D eigenvalue weighted by Crippen LogP contribution is 2.44. The van der Waals surface area contributed by atoms with Gasteiger partial charge in [0.1, 0.15) is 22.7 Å². The largest absolute Gasteiger partial charge is 0.534 e. The lowest BCUT2D eigenvalue weighted by atomic mass is 10.1. The second-order valence-corrected chi connectivity index (χ2v) is 11.0. The number of hydrogen-bond acceptors (Lipinski definition) is 10. The molecule has 0 unspecified atom stereocenters. The molecule has 1 aliphatic heterocycles. The van der Waals surface area contributed by atoms with Crippen LogP contribution in [0.4, 0.5) is 13.2 Å². The Hall–Kier alpha value is -2.39. The summed E-state index contributed by atoms with van der Waals surface area (Å²) in [6, 6.07) is 1.55. The maximum atomic E-state index is 12.7. The van der Waals surface area contributed by atoms with Crippen molar-refractivity contribution in [1.82, 2.24) is 15.2 Å². The molecule has 16 heteroatoms. The lowest BCUT2D eigenvalue weighted by Gasteiger charge is -2.15. The van der Waals surface area contributed by atoms with E-state index in [0.717, 1.165) is 6.29 Å². The molecule has 10 nitrogen and oxygen atoms in total. The van der Waals surface area contributed by atoms with Crippen LogP contribution in [0.15, 0.2) is 6.07 Å². The van der Waals surface area contributed by atoms with Gasteiger partial charge in [-0.25, -0.2) is 4.98 Å². The van der Waals surface area contributed by atoms with Gasteiger partial charge in [0.25, 0.3) is 6.47 Å². The van der Waals surface area contributed by atoms with E-state index in [2.05, 4.69) is 19.2 Å². The van der Waals surface area contributed by atoms with Gasteiger partial charge in [-0.2, -0.15) is 21.6 Å². The number of halogens is 5. The average Bonchev–Trinajstić information content (AvgIpc) is 3.18. The average molecular weight is 606 g/mol. The van der Waals surface area contributed by atoms with Gasteiger partial charge in [0.05, 0.1) is 24.2 Å². The number of carbonyl (C=O) groups excluding carboxylic acids is 2. The topological polar surface area (TPSA) is 124 Å². The van der Waals surface area contributed by atoms with Crippen molar-refractivity contribution in [2.24, 2.45) is 0 Å². The summed E-state index contributed by atoms with van der Waals surface area (Å²) < 4.78 is 74.9. The number of hydrogen-bond donors (Lipinski definition) is 1. The molecular formula is C22H28Cl2F3N3O7S. The van der Waals surface area contributed by atoms with Gasteiger partial charge in [-0.15, -0.1) is 0 Å². The van der Waals surface area contributed by atoms with Crippen molar-refractivity contribution in [2.75, 3.05) is 27.7 Å². The maximum absolute atomic E-state index is 12.7. The van der Waals surface area contributed by atoms with Gasteiger partial charge in [0.2, 0.25) is 5.88 Å². The van der Waals surface area contributed by atoms with E-state index in [1.807, 2.05) is 20.8 Å². The lowest BCUT2D eigenvalue weighted by Crippen LogP contribution is -2.28. The molecule has 2 aromatic rings. The van der Waals surface area contributed by atoms with Crippen molar-refractivity contribution in [2.45, 2.75) is 45.0 Å². The predicted molar refractivity (Wildman–Crippen MR) is 136 cm³/mol. The Morgan fingerprint density at radius 3 is 2.11 bits per heavy atom. The van der Waals surface area contributed by atoms with E-state index < -0.39 is 21.5 Å². The van der Waals surface area contributed by atoms with E-state index in [1.54, 1.807) is 25.1 Å². The lowest BCUT2D eigenvalue weighted by molar-refractivity contribution is -0.138. The van der Waals surface area contributed by atoms with Crippen LogP contribution in [0.5, 0.6) is 11.6 Å². The van der Waals surface area contributed by atoms with Gasteiger partial charge in [0, 0.05) is 24.0 Å². The number of methoxy groups -OCH3 is 1. The molecule has 0 aliphatic carbocycles. The van der Waals surface area contributed by atoms with Crippen molar-refractivity contribution < 1.29 is 44.8 Å². The molecule has 1 aromatic carbocycles. The molecule has 0 bridgehead atoms. The van der Waals surface area contributed by atoms with Crippen molar-refractivity contribution in [3.05, 3.63) is 27.2 Å². The minimum Gasteiger partial charge on any atom is -0.495 e. The number of ether oxygens (including phenoxy) is 2. The number of aromatic nitrogens is 1. The summed E-state index contributed by atoms with van der Waals surface area (Å²) in [5, 5.41) is 3.07. The molecule has 0 spiro atoms. The van der Waals surface area contributed by atoms with Crippen LogP contribution in [0.2, 0.25) is 10.0 Å². The number of aldehydes is 1. The predicted octanol–water partition coefficient (Wildman–Crippen LogP) is 4.09. The van der Waals surface area contributed by atoms with Crippen molar-refractivity contribution in [3.8, 4) is 11.6 Å². The Morgan fingerprint density at radius 1 is 1.13 bits per heavy atom. The van der Waals surface area contributed by atoms with Crippen LogP contribution in [0.1, 0.15) is 31.9 Å².